The number of carboxylic acid groups (broad SMARTS) is 6. The SMILES string of the molecule is O.O.O=C(O)c1ccnc(-c2cc(C(=O)O)ccn2)c1.O=C([O-])c1ccnc(-c2cc(C(=O)O)ccn2)c1.O=C([O-])c1ccnc(-c2cc(C(=O)O)ccn2)c1.[Fe+2]. The molecule has 0 spiro atoms. The van der Waals surface area contributed by atoms with E-state index in [1.165, 1.54) is 110 Å². The van der Waals surface area contributed by atoms with Crippen LogP contribution in [0, 0.1) is 0 Å². The first-order chi connectivity index (χ1) is 25.7. The van der Waals surface area contributed by atoms with E-state index in [-0.39, 0.29) is 84.2 Å². The summed E-state index contributed by atoms with van der Waals surface area (Å²) in [5, 5.41) is 56.8. The molecule has 6 heterocycles. The second kappa shape index (κ2) is 21.8. The maximum Gasteiger partial charge on any atom is 2.00 e. The van der Waals surface area contributed by atoms with Gasteiger partial charge in [0.25, 0.3) is 0 Å². The molecule has 20 nitrogen and oxygen atoms in total. The number of hydrogen-bond donors (Lipinski definition) is 4. The molecule has 0 aliphatic heterocycles. The van der Waals surface area contributed by atoms with E-state index < -0.39 is 35.8 Å². The number of pyridine rings is 6. The third-order valence-corrected chi connectivity index (χ3v) is 6.81. The van der Waals surface area contributed by atoms with E-state index in [9.17, 15) is 39.0 Å². The monoisotopic (exact) mass is 822 g/mol. The fourth-order valence-corrected chi connectivity index (χ4v) is 4.21. The fraction of sp³-hybridized carbons (Fsp3) is 0. The Morgan fingerprint density at radius 3 is 0.667 bits per heavy atom. The molecule has 0 aliphatic rings. The van der Waals surface area contributed by atoms with Crippen LogP contribution in [0.15, 0.2) is 110 Å². The molecule has 0 fully saturated rings. The molecule has 57 heavy (non-hydrogen) atoms. The van der Waals surface area contributed by atoms with Crippen LogP contribution < -0.4 is 10.2 Å². The van der Waals surface area contributed by atoms with Crippen LogP contribution in [0.4, 0.5) is 0 Å². The fourth-order valence-electron chi connectivity index (χ4n) is 4.21. The standard InChI is InChI=1S/3C12H8N2O4.Fe.2H2O/c3*15-11(16)7-1-3-13-9(5-7)10-6-8(12(17)18)2-4-14-10;;;/h3*1-6H,(H,15,16)(H,17,18);;2*1H2/q;;;+2;;/p-2. The third kappa shape index (κ3) is 13.2. The van der Waals surface area contributed by atoms with Crippen LogP contribution in [-0.4, -0.2) is 97.1 Å². The van der Waals surface area contributed by atoms with Gasteiger partial charge < -0.3 is 51.2 Å². The summed E-state index contributed by atoms with van der Waals surface area (Å²) in [6, 6.07) is 15.9. The second-order valence-corrected chi connectivity index (χ2v) is 10.4. The normalized spacial score (nSPS) is 9.47. The minimum atomic E-state index is -1.33. The molecule has 21 heteroatoms. The van der Waals surface area contributed by atoms with E-state index in [1.54, 1.807) is 0 Å². The molecule has 0 atom stereocenters. The quantitative estimate of drug-likeness (QED) is 0.142. The summed E-state index contributed by atoms with van der Waals surface area (Å²) in [5.74, 6) is -6.98. The summed E-state index contributed by atoms with van der Waals surface area (Å²) in [5.41, 5.74) is 1.95. The Hall–Kier alpha value is -7.84. The van der Waals surface area contributed by atoms with Crippen molar-refractivity contribution in [1.82, 2.24) is 29.9 Å². The Labute approximate surface area is 330 Å². The van der Waals surface area contributed by atoms with E-state index in [2.05, 4.69) is 29.9 Å². The molecule has 0 bridgehead atoms. The van der Waals surface area contributed by atoms with Crippen molar-refractivity contribution in [2.45, 2.75) is 0 Å². The zero-order valence-electron chi connectivity index (χ0n) is 28.5. The van der Waals surface area contributed by atoms with Crippen LogP contribution in [0.1, 0.15) is 62.1 Å². The van der Waals surface area contributed by atoms with E-state index in [0.29, 0.717) is 11.4 Å². The first-order valence-corrected chi connectivity index (χ1v) is 14.9. The Balaban J connectivity index is 0.000000417. The molecular weight excluding hydrogens is 796 g/mol. The first kappa shape index (κ1) is 47.2. The van der Waals surface area contributed by atoms with Crippen molar-refractivity contribution in [3.8, 4) is 34.2 Å². The van der Waals surface area contributed by atoms with Crippen molar-refractivity contribution in [2.75, 3.05) is 0 Å². The number of carbonyl (C=O) groups is 6. The number of nitrogens with zero attached hydrogens (tertiary/aromatic N) is 6. The van der Waals surface area contributed by atoms with Gasteiger partial charge in [0, 0.05) is 48.3 Å². The average molecular weight is 822 g/mol. The van der Waals surface area contributed by atoms with Crippen LogP contribution >= 0.6 is 0 Å². The third-order valence-electron chi connectivity index (χ3n) is 6.81. The van der Waals surface area contributed by atoms with Crippen molar-refractivity contribution in [3.05, 3.63) is 143 Å². The summed E-state index contributed by atoms with van der Waals surface area (Å²) in [4.78, 5) is 88.4. The smallest absolute Gasteiger partial charge is 0.545 e. The van der Waals surface area contributed by atoms with Gasteiger partial charge in [0.15, 0.2) is 0 Å². The topological polar surface area (TPSA) is 370 Å². The minimum absolute atomic E-state index is 0. The maximum absolute atomic E-state index is 10.8. The molecule has 0 saturated heterocycles. The molecule has 8 N–H and O–H groups in total. The number of carbonyl (C=O) groups excluding carboxylic acids is 2. The van der Waals surface area contributed by atoms with E-state index in [1.807, 2.05) is 0 Å². The van der Waals surface area contributed by atoms with Crippen LogP contribution in [0.5, 0.6) is 0 Å². The van der Waals surface area contributed by atoms with Gasteiger partial charge in [-0.15, -0.1) is 0 Å². The van der Waals surface area contributed by atoms with Gasteiger partial charge in [-0.25, -0.2) is 19.2 Å². The van der Waals surface area contributed by atoms with E-state index in [4.69, 9.17) is 20.4 Å². The number of rotatable bonds is 9. The molecule has 6 aromatic rings. The molecule has 0 aromatic carbocycles. The molecule has 292 valence electrons. The first-order valence-electron chi connectivity index (χ1n) is 14.9. The molecule has 0 amide bonds. The Morgan fingerprint density at radius 1 is 0.351 bits per heavy atom. The van der Waals surface area contributed by atoms with Gasteiger partial charge in [-0.05, 0) is 72.8 Å². The van der Waals surface area contributed by atoms with Gasteiger partial charge in [-0.1, -0.05) is 0 Å². The predicted molar refractivity (Wildman–Crippen MR) is 186 cm³/mol. The summed E-state index contributed by atoms with van der Waals surface area (Å²) in [6.45, 7) is 0. The van der Waals surface area contributed by atoms with Crippen molar-refractivity contribution in [3.63, 3.8) is 0 Å². The number of aromatic carboxylic acids is 6. The van der Waals surface area contributed by atoms with Gasteiger partial charge in [0.2, 0.25) is 0 Å². The molecule has 6 aromatic heterocycles. The Bertz CT molecular complexity index is 1980. The van der Waals surface area contributed by atoms with Gasteiger partial charge in [-0.2, -0.15) is 0 Å². The van der Waals surface area contributed by atoms with Gasteiger partial charge in [0.05, 0.1) is 68.4 Å². The number of aromatic nitrogens is 6. The van der Waals surface area contributed by atoms with Crippen molar-refractivity contribution in [2.24, 2.45) is 0 Å². The number of carboxylic acids is 6. The maximum atomic E-state index is 10.8. The Kier molecular flexibility index (Phi) is 18.0. The van der Waals surface area contributed by atoms with E-state index in [0.717, 1.165) is 0 Å². The average Bonchev–Trinajstić information content (AvgIpc) is 3.18. The summed E-state index contributed by atoms with van der Waals surface area (Å²) in [6.07, 6.45) is 7.94. The van der Waals surface area contributed by atoms with Crippen molar-refractivity contribution in [1.29, 1.82) is 0 Å². The van der Waals surface area contributed by atoms with Crippen LogP contribution in [-0.2, 0) is 17.1 Å². The minimum Gasteiger partial charge on any atom is -0.545 e. The van der Waals surface area contributed by atoms with Crippen molar-refractivity contribution >= 4 is 35.8 Å². The summed E-state index contributed by atoms with van der Waals surface area (Å²) in [7, 11) is 0. The van der Waals surface area contributed by atoms with Crippen LogP contribution in [0.2, 0.25) is 0 Å². The number of hydrogen-bond acceptors (Lipinski definition) is 14. The molecule has 6 rings (SSSR count). The van der Waals surface area contributed by atoms with Crippen molar-refractivity contribution < 1.29 is 87.4 Å². The largest absolute Gasteiger partial charge is 2.00 e. The molecule has 0 aliphatic carbocycles. The van der Waals surface area contributed by atoms with Gasteiger partial charge in [0.1, 0.15) is 0 Å². The zero-order chi connectivity index (χ0) is 39.4. The molecular formula is C36H26FeN6O14. The van der Waals surface area contributed by atoms with Gasteiger partial charge >= 0.3 is 40.9 Å². The summed E-state index contributed by atoms with van der Waals surface area (Å²) < 4.78 is 0. The van der Waals surface area contributed by atoms with Crippen LogP contribution in [0.3, 0.4) is 0 Å². The van der Waals surface area contributed by atoms with Crippen LogP contribution in [0.25, 0.3) is 34.2 Å². The Morgan fingerprint density at radius 2 is 0.509 bits per heavy atom. The molecule has 0 unspecified atom stereocenters. The molecule has 0 saturated carbocycles. The zero-order valence-corrected chi connectivity index (χ0v) is 29.6. The molecule has 0 radical (unpaired) electrons. The van der Waals surface area contributed by atoms with E-state index >= 15 is 0 Å². The second-order valence-electron chi connectivity index (χ2n) is 10.4. The van der Waals surface area contributed by atoms with Gasteiger partial charge in [-0.3, -0.25) is 29.9 Å². The predicted octanol–water partition coefficient (Wildman–Crippen LogP) is 0.299. The summed E-state index contributed by atoms with van der Waals surface area (Å²) >= 11 is 0.